The number of rotatable bonds is 1. The lowest BCUT2D eigenvalue weighted by Gasteiger charge is -2.34. The van der Waals surface area contributed by atoms with Crippen molar-refractivity contribution in [1.29, 1.82) is 0 Å². The largest absolute Gasteiger partial charge is 0.287 e. The first-order chi connectivity index (χ1) is 3.33. The van der Waals surface area contributed by atoms with Gasteiger partial charge in [-0.05, 0) is 5.92 Å². The summed E-state index contributed by atoms with van der Waals surface area (Å²) < 4.78 is 2.27. The van der Waals surface area contributed by atoms with E-state index in [4.69, 9.17) is 0 Å². The summed E-state index contributed by atoms with van der Waals surface area (Å²) >= 11 is 0. The molecule has 0 amide bonds. The van der Waals surface area contributed by atoms with Crippen molar-refractivity contribution in [2.24, 2.45) is 5.92 Å². The van der Waals surface area contributed by atoms with E-state index in [1.807, 2.05) is 0 Å². The molecule has 1 rings (SSSR count). The molecule has 1 heterocycles. The summed E-state index contributed by atoms with van der Waals surface area (Å²) in [5, 5.41) is 0. The van der Waals surface area contributed by atoms with Crippen LogP contribution in [0.3, 0.4) is 0 Å². The Morgan fingerprint density at radius 3 is 2.43 bits per heavy atom. The Balaban J connectivity index is 2.06. The topological polar surface area (TPSA) is 3.24 Å². The van der Waals surface area contributed by atoms with Gasteiger partial charge in [0.1, 0.15) is 0 Å². The van der Waals surface area contributed by atoms with E-state index >= 15 is 0 Å². The van der Waals surface area contributed by atoms with Crippen molar-refractivity contribution in [1.82, 2.24) is 4.67 Å². The molecule has 0 N–H and O–H groups in total. The maximum absolute atomic E-state index is 2.71. The fraction of sp³-hybridized carbons (Fsp3) is 1.00. The molecule has 1 unspecified atom stereocenters. The van der Waals surface area contributed by atoms with Crippen LogP contribution in [0.5, 0.6) is 0 Å². The molecule has 0 spiro atoms. The van der Waals surface area contributed by atoms with E-state index in [0.29, 0.717) is 0 Å². The molecule has 1 aliphatic rings. The van der Waals surface area contributed by atoms with Crippen LogP contribution in [0.2, 0.25) is 0 Å². The highest BCUT2D eigenvalue weighted by Crippen LogP contribution is 2.20. The molecule has 0 aromatic carbocycles. The zero-order valence-electron chi connectivity index (χ0n) is 4.72. The lowest BCUT2D eigenvalue weighted by atomic mass is 10.0. The van der Waals surface area contributed by atoms with Crippen LogP contribution in [0, 0.1) is 5.92 Å². The third-order valence-corrected chi connectivity index (χ3v) is 1.98. The van der Waals surface area contributed by atoms with Crippen LogP contribution < -0.4 is 0 Å². The highest BCUT2D eigenvalue weighted by Gasteiger charge is 2.20. The predicted octanol–water partition coefficient (Wildman–Crippen LogP) is 1.12. The van der Waals surface area contributed by atoms with Gasteiger partial charge < -0.3 is 0 Å². The minimum atomic E-state index is 0.998. The summed E-state index contributed by atoms with van der Waals surface area (Å²) in [6.07, 6.45) is 1.35. The van der Waals surface area contributed by atoms with Crippen LogP contribution in [-0.4, -0.2) is 17.8 Å². The van der Waals surface area contributed by atoms with Gasteiger partial charge in [-0.1, -0.05) is 22.7 Å². The zero-order valence-corrected chi connectivity index (χ0v) is 5.88. The lowest BCUT2D eigenvalue weighted by molar-refractivity contribution is 0.213. The highest BCUT2D eigenvalue weighted by molar-refractivity contribution is 7.13. The van der Waals surface area contributed by atoms with E-state index in [2.05, 4.69) is 21.0 Å². The van der Waals surface area contributed by atoms with Gasteiger partial charge >= 0.3 is 0 Å². The molecule has 1 fully saturated rings. The van der Waals surface area contributed by atoms with Crippen LogP contribution in [0.25, 0.3) is 0 Å². The van der Waals surface area contributed by atoms with Gasteiger partial charge in [0.2, 0.25) is 0 Å². The first-order valence-corrected chi connectivity index (χ1v) is 3.34. The van der Waals surface area contributed by atoms with E-state index in [1.54, 1.807) is 0 Å². The molecule has 0 bridgehead atoms. The molecular formula is C5H12NP. The molecule has 0 aromatic rings. The molecule has 1 saturated heterocycles. The van der Waals surface area contributed by atoms with Crippen molar-refractivity contribution >= 4 is 9.39 Å². The zero-order chi connectivity index (χ0) is 5.28. The van der Waals surface area contributed by atoms with Gasteiger partial charge in [0.05, 0.1) is 0 Å². The molecule has 0 aromatic heterocycles. The normalized spacial score (nSPS) is 24.9. The average molecular weight is 117 g/mol. The van der Waals surface area contributed by atoms with E-state index < -0.39 is 0 Å². The summed E-state index contributed by atoms with van der Waals surface area (Å²) in [6, 6.07) is 0. The van der Waals surface area contributed by atoms with E-state index in [-0.39, 0.29) is 0 Å². The maximum Gasteiger partial charge on any atom is 0.00569 e. The Bertz CT molecular complexity index is 59.1. The van der Waals surface area contributed by atoms with Gasteiger partial charge in [-0.15, -0.1) is 0 Å². The molecule has 1 aliphatic heterocycles. The van der Waals surface area contributed by atoms with Crippen LogP contribution in [0.15, 0.2) is 0 Å². The highest BCUT2D eigenvalue weighted by atomic mass is 31.0. The molecule has 0 aliphatic carbocycles. The Morgan fingerprint density at radius 2 is 2.29 bits per heavy atom. The molecule has 1 nitrogen and oxygen atoms in total. The summed E-state index contributed by atoms with van der Waals surface area (Å²) in [5.41, 5.74) is 0. The van der Waals surface area contributed by atoms with Gasteiger partial charge in [-0.25, -0.2) is 0 Å². The van der Waals surface area contributed by atoms with Crippen molar-refractivity contribution in [3.63, 3.8) is 0 Å². The molecule has 1 atom stereocenters. The number of nitrogens with zero attached hydrogens (tertiary/aromatic N) is 1. The summed E-state index contributed by atoms with van der Waals surface area (Å²) in [4.78, 5) is 0. The minimum absolute atomic E-state index is 0.998. The quantitative estimate of drug-likeness (QED) is 0.465. The van der Waals surface area contributed by atoms with Crippen molar-refractivity contribution < 1.29 is 0 Å². The average Bonchev–Trinajstić information content (AvgIpc) is 1.58. The number of hydrogen-bond acceptors (Lipinski definition) is 1. The standard InChI is InChI=1S/C5H12NP/c1-2-5-3-6(7)4-5/h5H,2-4,7H2,1H3. The van der Waals surface area contributed by atoms with Crippen molar-refractivity contribution in [2.75, 3.05) is 13.1 Å². The monoisotopic (exact) mass is 117 g/mol. The van der Waals surface area contributed by atoms with Gasteiger partial charge in [0.25, 0.3) is 0 Å². The van der Waals surface area contributed by atoms with E-state index in [0.717, 1.165) is 5.92 Å². The molecular weight excluding hydrogens is 105 g/mol. The maximum atomic E-state index is 2.71. The summed E-state index contributed by atoms with van der Waals surface area (Å²) in [5.74, 6) is 0.998. The van der Waals surface area contributed by atoms with Crippen LogP contribution in [-0.2, 0) is 0 Å². The van der Waals surface area contributed by atoms with E-state index in [1.165, 1.54) is 19.5 Å². The SMILES string of the molecule is CCC1CN(P)C1. The first kappa shape index (κ1) is 5.53. The van der Waals surface area contributed by atoms with E-state index in [9.17, 15) is 0 Å². The second-order valence-corrected chi connectivity index (χ2v) is 2.96. The first-order valence-electron chi connectivity index (χ1n) is 2.82. The predicted molar refractivity (Wildman–Crippen MR) is 35.1 cm³/mol. The van der Waals surface area contributed by atoms with Gasteiger partial charge in [0.15, 0.2) is 0 Å². The summed E-state index contributed by atoms with van der Waals surface area (Å²) in [7, 11) is 2.71. The van der Waals surface area contributed by atoms with Crippen LogP contribution >= 0.6 is 9.39 Å². The second kappa shape index (κ2) is 2.11. The fourth-order valence-electron chi connectivity index (χ4n) is 0.868. The number of hydrogen-bond donors (Lipinski definition) is 0. The van der Waals surface area contributed by atoms with Gasteiger partial charge in [0, 0.05) is 13.1 Å². The van der Waals surface area contributed by atoms with Crippen LogP contribution in [0.1, 0.15) is 13.3 Å². The summed E-state index contributed by atoms with van der Waals surface area (Å²) in [6.45, 7) is 4.84. The molecule has 0 saturated carbocycles. The van der Waals surface area contributed by atoms with Crippen LogP contribution in [0.4, 0.5) is 0 Å². The second-order valence-electron chi connectivity index (χ2n) is 2.23. The van der Waals surface area contributed by atoms with Gasteiger partial charge in [-0.3, -0.25) is 4.67 Å². The molecule has 0 radical (unpaired) electrons. The van der Waals surface area contributed by atoms with Crippen molar-refractivity contribution in [3.05, 3.63) is 0 Å². The third kappa shape index (κ3) is 1.14. The van der Waals surface area contributed by atoms with Crippen molar-refractivity contribution in [3.8, 4) is 0 Å². The minimum Gasteiger partial charge on any atom is -0.287 e. The lowest BCUT2D eigenvalue weighted by Crippen LogP contribution is -2.38. The Labute approximate surface area is 47.3 Å². The Morgan fingerprint density at radius 1 is 1.71 bits per heavy atom. The van der Waals surface area contributed by atoms with Gasteiger partial charge in [-0.2, -0.15) is 0 Å². The fourth-order valence-corrected chi connectivity index (χ4v) is 1.46. The Hall–Kier alpha value is 0.390. The third-order valence-electron chi connectivity index (χ3n) is 1.56. The van der Waals surface area contributed by atoms with Crippen molar-refractivity contribution in [2.45, 2.75) is 13.3 Å². The molecule has 2 heteroatoms. The molecule has 7 heavy (non-hydrogen) atoms. The molecule has 42 valence electrons. The smallest absolute Gasteiger partial charge is 0.00569 e. The Kier molecular flexibility index (Phi) is 1.66.